The highest BCUT2D eigenvalue weighted by atomic mass is 19.1. The molecule has 0 aliphatic heterocycles. The number of pyridine rings is 2. The summed E-state index contributed by atoms with van der Waals surface area (Å²) in [7, 11) is 0. The second kappa shape index (κ2) is 9.43. The number of hydrogen-bond donors (Lipinski definition) is 3. The fourth-order valence-electron chi connectivity index (χ4n) is 5.31. The number of nitrogens with one attached hydrogen (secondary N) is 3. The van der Waals surface area contributed by atoms with Crippen molar-refractivity contribution in [3.63, 3.8) is 0 Å². The maximum Gasteiger partial charge on any atom is 0.227 e. The van der Waals surface area contributed by atoms with Gasteiger partial charge in [-0.2, -0.15) is 5.10 Å². The van der Waals surface area contributed by atoms with Gasteiger partial charge in [-0.1, -0.05) is 37.1 Å². The Morgan fingerprint density at radius 3 is 2.59 bits per heavy atom. The number of H-pyrrole nitrogens is 2. The zero-order valence-electron chi connectivity index (χ0n) is 20.9. The third-order valence-corrected chi connectivity index (χ3v) is 7.33. The molecule has 1 fully saturated rings. The van der Waals surface area contributed by atoms with Gasteiger partial charge in [0.1, 0.15) is 11.3 Å². The zero-order valence-corrected chi connectivity index (χ0v) is 20.9. The van der Waals surface area contributed by atoms with Crippen molar-refractivity contribution in [2.45, 2.75) is 25.7 Å². The van der Waals surface area contributed by atoms with Crippen molar-refractivity contribution in [2.75, 3.05) is 5.32 Å². The summed E-state index contributed by atoms with van der Waals surface area (Å²) < 4.78 is 13.5. The van der Waals surface area contributed by atoms with Gasteiger partial charge < -0.3 is 10.3 Å². The summed E-state index contributed by atoms with van der Waals surface area (Å²) in [5.74, 6) is 0.419. The van der Waals surface area contributed by atoms with Crippen molar-refractivity contribution >= 4 is 33.7 Å². The average Bonchev–Trinajstić information content (AvgIpc) is 3.73. The summed E-state index contributed by atoms with van der Waals surface area (Å²) in [5, 5.41) is 10.6. The van der Waals surface area contributed by atoms with Gasteiger partial charge in [-0.05, 0) is 54.8 Å². The lowest BCUT2D eigenvalue weighted by Gasteiger charge is -2.11. The van der Waals surface area contributed by atoms with Crippen molar-refractivity contribution in [1.29, 1.82) is 0 Å². The SMILES string of the molecule is O=C(Nc1cncc(-c2ccc3[nH]nc(-c4nc5c(-c6ccc(F)cc6)cccc5[nH]4)c3n2)c1)C1CCCC1. The third-order valence-electron chi connectivity index (χ3n) is 7.33. The van der Waals surface area contributed by atoms with Gasteiger partial charge >= 0.3 is 0 Å². The second-order valence-electron chi connectivity index (χ2n) is 9.89. The van der Waals surface area contributed by atoms with Crippen molar-refractivity contribution in [3.05, 3.63) is 78.9 Å². The minimum Gasteiger partial charge on any atom is -0.336 e. The first-order valence-corrected chi connectivity index (χ1v) is 13.0. The van der Waals surface area contributed by atoms with Crippen molar-refractivity contribution in [1.82, 2.24) is 30.1 Å². The van der Waals surface area contributed by atoms with Gasteiger partial charge in [-0.15, -0.1) is 0 Å². The Morgan fingerprint density at radius 2 is 1.74 bits per heavy atom. The smallest absolute Gasteiger partial charge is 0.227 e. The molecular formula is C30H24FN7O. The number of benzene rings is 2. The van der Waals surface area contributed by atoms with Crippen LogP contribution in [0.25, 0.3) is 56.0 Å². The van der Waals surface area contributed by atoms with Gasteiger partial charge in [0.25, 0.3) is 0 Å². The number of carbonyl (C=O) groups is 1. The summed E-state index contributed by atoms with van der Waals surface area (Å²) in [4.78, 5) is 30.1. The highest BCUT2D eigenvalue weighted by molar-refractivity contribution is 5.97. The highest BCUT2D eigenvalue weighted by Crippen LogP contribution is 2.32. The van der Waals surface area contributed by atoms with Crippen LogP contribution in [0.15, 0.2) is 73.1 Å². The first kappa shape index (κ1) is 23.2. The van der Waals surface area contributed by atoms with Gasteiger partial charge in [0.2, 0.25) is 5.91 Å². The molecular weight excluding hydrogens is 493 g/mol. The molecule has 1 amide bonds. The van der Waals surface area contributed by atoms with Gasteiger partial charge in [0.15, 0.2) is 11.5 Å². The average molecular weight is 518 g/mol. The number of fused-ring (bicyclic) bond motifs is 2. The fourth-order valence-corrected chi connectivity index (χ4v) is 5.31. The molecule has 7 rings (SSSR count). The maximum atomic E-state index is 13.5. The van der Waals surface area contributed by atoms with E-state index in [4.69, 9.17) is 9.97 Å². The van der Waals surface area contributed by atoms with Crippen LogP contribution < -0.4 is 5.32 Å². The number of rotatable bonds is 5. The summed E-state index contributed by atoms with van der Waals surface area (Å²) in [6.45, 7) is 0. The number of amides is 1. The molecule has 0 spiro atoms. The van der Waals surface area contributed by atoms with Crippen molar-refractivity contribution in [3.8, 4) is 33.9 Å². The van der Waals surface area contributed by atoms with Gasteiger partial charge in [-0.25, -0.2) is 14.4 Å². The van der Waals surface area contributed by atoms with Crippen LogP contribution in [-0.2, 0) is 4.79 Å². The molecule has 1 saturated carbocycles. The summed E-state index contributed by atoms with van der Waals surface area (Å²) >= 11 is 0. The lowest BCUT2D eigenvalue weighted by molar-refractivity contribution is -0.119. The zero-order chi connectivity index (χ0) is 26.3. The van der Waals surface area contributed by atoms with Gasteiger partial charge in [0.05, 0.1) is 34.1 Å². The Balaban J connectivity index is 1.24. The predicted molar refractivity (Wildman–Crippen MR) is 148 cm³/mol. The molecule has 6 aromatic rings. The molecule has 39 heavy (non-hydrogen) atoms. The lowest BCUT2D eigenvalue weighted by atomic mass is 10.0. The number of para-hydroxylation sites is 1. The van der Waals surface area contributed by atoms with E-state index in [2.05, 4.69) is 25.5 Å². The van der Waals surface area contributed by atoms with E-state index in [0.717, 1.165) is 58.9 Å². The van der Waals surface area contributed by atoms with Crippen LogP contribution in [0.1, 0.15) is 25.7 Å². The van der Waals surface area contributed by atoms with Crippen LogP contribution in [0.3, 0.4) is 0 Å². The number of carbonyl (C=O) groups excluding carboxylic acids is 1. The second-order valence-corrected chi connectivity index (χ2v) is 9.89. The number of aromatic amines is 2. The molecule has 0 unspecified atom stereocenters. The maximum absolute atomic E-state index is 13.5. The minimum absolute atomic E-state index is 0.0527. The normalized spacial score (nSPS) is 13.9. The van der Waals surface area contributed by atoms with Gasteiger partial charge in [0, 0.05) is 23.2 Å². The molecule has 4 heterocycles. The number of halogens is 1. The first-order valence-electron chi connectivity index (χ1n) is 13.0. The molecule has 0 atom stereocenters. The molecule has 4 aromatic heterocycles. The number of nitrogens with zero attached hydrogens (tertiary/aromatic N) is 4. The van der Waals surface area contributed by atoms with Crippen molar-refractivity contribution < 1.29 is 9.18 Å². The molecule has 9 heteroatoms. The van der Waals surface area contributed by atoms with E-state index in [0.29, 0.717) is 28.4 Å². The van der Waals surface area contributed by atoms with Crippen LogP contribution in [0.4, 0.5) is 10.1 Å². The Bertz CT molecular complexity index is 1830. The van der Waals surface area contributed by atoms with E-state index >= 15 is 0 Å². The van der Waals surface area contributed by atoms with Gasteiger partial charge in [-0.3, -0.25) is 14.9 Å². The molecule has 0 saturated heterocycles. The van der Waals surface area contributed by atoms with E-state index in [9.17, 15) is 9.18 Å². The predicted octanol–water partition coefficient (Wildman–Crippen LogP) is 6.50. The van der Waals surface area contributed by atoms with Crippen LogP contribution in [0.5, 0.6) is 0 Å². The molecule has 192 valence electrons. The van der Waals surface area contributed by atoms with E-state index in [1.54, 1.807) is 24.5 Å². The number of hydrogen-bond acceptors (Lipinski definition) is 5. The Labute approximate surface area is 222 Å². The molecule has 3 N–H and O–H groups in total. The van der Waals surface area contributed by atoms with Crippen LogP contribution in [-0.4, -0.2) is 36.0 Å². The Hall–Kier alpha value is -4.92. The fraction of sp³-hybridized carbons (Fsp3) is 0.167. The first-order chi connectivity index (χ1) is 19.1. The van der Waals surface area contributed by atoms with E-state index < -0.39 is 0 Å². The van der Waals surface area contributed by atoms with E-state index in [-0.39, 0.29) is 17.6 Å². The standard InChI is InChI=1S/C30H24FN7O/c31-20-10-8-17(9-11-20)22-6-3-7-24-26(22)36-29(35-24)28-27-25(37-38-28)13-12-23(34-27)19-14-21(16-32-15-19)33-30(39)18-4-1-2-5-18/h3,6-16,18H,1-2,4-5H2,(H,33,39)(H,35,36)(H,37,38). The Morgan fingerprint density at radius 1 is 0.897 bits per heavy atom. The summed E-state index contributed by atoms with van der Waals surface area (Å²) in [6.07, 6.45) is 7.47. The monoisotopic (exact) mass is 517 g/mol. The van der Waals surface area contributed by atoms with Crippen LogP contribution >= 0.6 is 0 Å². The van der Waals surface area contributed by atoms with Crippen molar-refractivity contribution in [2.24, 2.45) is 5.92 Å². The Kier molecular flexibility index (Phi) is 5.61. The highest BCUT2D eigenvalue weighted by Gasteiger charge is 2.23. The molecule has 1 aliphatic rings. The molecule has 1 aliphatic carbocycles. The largest absolute Gasteiger partial charge is 0.336 e. The minimum atomic E-state index is -0.282. The lowest BCUT2D eigenvalue weighted by Crippen LogP contribution is -2.20. The molecule has 0 radical (unpaired) electrons. The molecule has 2 aromatic carbocycles. The molecule has 8 nitrogen and oxygen atoms in total. The third kappa shape index (κ3) is 4.31. The summed E-state index contributed by atoms with van der Waals surface area (Å²) in [6, 6.07) is 17.9. The van der Waals surface area contributed by atoms with Crippen LogP contribution in [0, 0.1) is 11.7 Å². The van der Waals surface area contributed by atoms with Crippen LogP contribution in [0.2, 0.25) is 0 Å². The quantitative estimate of drug-likeness (QED) is 0.242. The number of aromatic nitrogens is 6. The molecule has 0 bridgehead atoms. The summed E-state index contributed by atoms with van der Waals surface area (Å²) in [5.41, 5.74) is 7.55. The topological polar surface area (TPSA) is 112 Å². The number of imidazole rings is 1. The van der Waals surface area contributed by atoms with E-state index in [1.165, 1.54) is 12.1 Å². The van der Waals surface area contributed by atoms with E-state index in [1.807, 2.05) is 36.4 Å². The number of anilines is 1.